The standard InChI is InChI=1S/C16H29N3/c1-5-7-15-18-8-9-19(15)16-13(4)10-12(3)11-14(16)17-6-2/h8-9,12-14,16-17H,5-7,10-11H2,1-4H3. The monoisotopic (exact) mass is 263 g/mol. The van der Waals surface area contributed by atoms with Gasteiger partial charge in [0.05, 0.1) is 6.04 Å². The Hall–Kier alpha value is -0.830. The summed E-state index contributed by atoms with van der Waals surface area (Å²) < 4.78 is 2.45. The zero-order valence-electron chi connectivity index (χ0n) is 12.9. The summed E-state index contributed by atoms with van der Waals surface area (Å²) in [5, 5.41) is 3.70. The summed E-state index contributed by atoms with van der Waals surface area (Å²) in [7, 11) is 0. The Balaban J connectivity index is 2.24. The molecule has 4 unspecified atom stereocenters. The molecule has 1 heterocycles. The van der Waals surface area contributed by atoms with E-state index in [9.17, 15) is 0 Å². The summed E-state index contributed by atoms with van der Waals surface area (Å²) in [5.74, 6) is 2.81. The van der Waals surface area contributed by atoms with Gasteiger partial charge in [-0.2, -0.15) is 0 Å². The number of nitrogens with one attached hydrogen (secondary N) is 1. The third kappa shape index (κ3) is 3.19. The van der Waals surface area contributed by atoms with Gasteiger partial charge in [-0.25, -0.2) is 4.98 Å². The average molecular weight is 263 g/mol. The Labute approximate surface area is 117 Å². The molecule has 1 aromatic rings. The van der Waals surface area contributed by atoms with Crippen molar-refractivity contribution in [1.82, 2.24) is 14.9 Å². The van der Waals surface area contributed by atoms with E-state index < -0.39 is 0 Å². The van der Waals surface area contributed by atoms with Crippen LogP contribution in [-0.4, -0.2) is 22.1 Å². The van der Waals surface area contributed by atoms with Crippen LogP contribution in [0.3, 0.4) is 0 Å². The number of likely N-dealkylation sites (N-methyl/N-ethyl adjacent to an activating group) is 1. The van der Waals surface area contributed by atoms with Crippen molar-refractivity contribution in [3.05, 3.63) is 18.2 Å². The molecule has 1 aromatic heterocycles. The topological polar surface area (TPSA) is 29.9 Å². The smallest absolute Gasteiger partial charge is 0.108 e. The van der Waals surface area contributed by atoms with Crippen LogP contribution in [0.5, 0.6) is 0 Å². The fourth-order valence-corrected chi connectivity index (χ4v) is 3.81. The molecule has 0 amide bonds. The minimum Gasteiger partial charge on any atom is -0.330 e. The SMILES string of the molecule is CCCc1nccn1C1C(C)CC(C)CC1NCC. The van der Waals surface area contributed by atoms with E-state index in [1.807, 2.05) is 6.20 Å². The van der Waals surface area contributed by atoms with Crippen LogP contribution >= 0.6 is 0 Å². The van der Waals surface area contributed by atoms with E-state index in [2.05, 4.69) is 48.8 Å². The number of hydrogen-bond donors (Lipinski definition) is 1. The summed E-state index contributed by atoms with van der Waals surface area (Å²) in [4.78, 5) is 4.56. The predicted molar refractivity (Wildman–Crippen MR) is 80.3 cm³/mol. The molecule has 19 heavy (non-hydrogen) atoms. The Morgan fingerprint density at radius 2 is 2.11 bits per heavy atom. The number of hydrogen-bond acceptors (Lipinski definition) is 2. The fraction of sp³-hybridized carbons (Fsp3) is 0.812. The highest BCUT2D eigenvalue weighted by atomic mass is 15.1. The van der Waals surface area contributed by atoms with Crippen LogP contribution in [0.2, 0.25) is 0 Å². The van der Waals surface area contributed by atoms with E-state index in [1.54, 1.807) is 0 Å². The van der Waals surface area contributed by atoms with Crippen LogP contribution < -0.4 is 5.32 Å². The molecule has 0 aliphatic heterocycles. The highest BCUT2D eigenvalue weighted by Gasteiger charge is 2.35. The van der Waals surface area contributed by atoms with Crippen molar-refractivity contribution in [2.45, 2.75) is 65.5 Å². The van der Waals surface area contributed by atoms with E-state index in [1.165, 1.54) is 25.1 Å². The number of imidazole rings is 1. The molecular formula is C16H29N3. The lowest BCUT2D eigenvalue weighted by Gasteiger charge is -2.41. The average Bonchev–Trinajstić information content (AvgIpc) is 2.77. The first-order chi connectivity index (χ1) is 9.17. The molecule has 0 spiro atoms. The second-order valence-electron chi connectivity index (χ2n) is 6.21. The first kappa shape index (κ1) is 14.6. The second-order valence-corrected chi connectivity index (χ2v) is 6.21. The molecule has 108 valence electrons. The zero-order valence-corrected chi connectivity index (χ0v) is 12.9. The lowest BCUT2D eigenvalue weighted by atomic mass is 9.76. The van der Waals surface area contributed by atoms with E-state index in [4.69, 9.17) is 0 Å². The van der Waals surface area contributed by atoms with Gasteiger partial charge in [0.25, 0.3) is 0 Å². The molecule has 0 bridgehead atoms. The van der Waals surface area contributed by atoms with Gasteiger partial charge in [0.1, 0.15) is 5.82 Å². The van der Waals surface area contributed by atoms with Gasteiger partial charge in [0.15, 0.2) is 0 Å². The number of rotatable bonds is 5. The molecule has 1 fully saturated rings. The van der Waals surface area contributed by atoms with Crippen LogP contribution in [0, 0.1) is 11.8 Å². The Morgan fingerprint density at radius 3 is 2.79 bits per heavy atom. The summed E-state index contributed by atoms with van der Waals surface area (Å²) >= 11 is 0. The lowest BCUT2D eigenvalue weighted by Crippen LogP contribution is -2.45. The van der Waals surface area contributed by atoms with Gasteiger partial charge in [-0.05, 0) is 37.6 Å². The maximum atomic E-state index is 4.56. The molecule has 1 saturated carbocycles. The Bertz CT molecular complexity index is 385. The zero-order chi connectivity index (χ0) is 13.8. The van der Waals surface area contributed by atoms with Gasteiger partial charge < -0.3 is 9.88 Å². The summed E-state index contributed by atoms with van der Waals surface area (Å²) in [6.07, 6.45) is 9.03. The molecular weight excluding hydrogens is 234 g/mol. The minimum absolute atomic E-state index is 0.570. The van der Waals surface area contributed by atoms with Gasteiger partial charge in [0.2, 0.25) is 0 Å². The van der Waals surface area contributed by atoms with Gasteiger partial charge in [-0.3, -0.25) is 0 Å². The third-order valence-corrected chi connectivity index (χ3v) is 4.44. The molecule has 3 heteroatoms. The maximum Gasteiger partial charge on any atom is 0.108 e. The first-order valence-electron chi connectivity index (χ1n) is 7.92. The molecule has 1 N–H and O–H groups in total. The number of nitrogens with zero attached hydrogens (tertiary/aromatic N) is 2. The van der Waals surface area contributed by atoms with Gasteiger partial charge in [0, 0.05) is 24.9 Å². The molecule has 4 atom stereocenters. The summed E-state index contributed by atoms with van der Waals surface area (Å²) in [6, 6.07) is 1.16. The Morgan fingerprint density at radius 1 is 1.32 bits per heavy atom. The number of aromatic nitrogens is 2. The second kappa shape index (κ2) is 6.56. The minimum atomic E-state index is 0.570. The number of aryl methyl sites for hydroxylation is 1. The van der Waals surface area contributed by atoms with Crippen LogP contribution in [-0.2, 0) is 6.42 Å². The van der Waals surface area contributed by atoms with Gasteiger partial charge >= 0.3 is 0 Å². The highest BCUT2D eigenvalue weighted by molar-refractivity contribution is 5.01. The van der Waals surface area contributed by atoms with E-state index in [0.717, 1.165) is 24.8 Å². The Kier molecular flexibility index (Phi) is 5.03. The van der Waals surface area contributed by atoms with Crippen LogP contribution in [0.4, 0.5) is 0 Å². The van der Waals surface area contributed by atoms with Crippen LogP contribution in [0.1, 0.15) is 58.8 Å². The van der Waals surface area contributed by atoms with E-state index in [0.29, 0.717) is 12.1 Å². The third-order valence-electron chi connectivity index (χ3n) is 4.44. The van der Waals surface area contributed by atoms with Crippen molar-refractivity contribution in [3.63, 3.8) is 0 Å². The highest BCUT2D eigenvalue weighted by Crippen LogP contribution is 2.37. The van der Waals surface area contributed by atoms with Crippen LogP contribution in [0.15, 0.2) is 12.4 Å². The quantitative estimate of drug-likeness (QED) is 0.882. The lowest BCUT2D eigenvalue weighted by molar-refractivity contribution is 0.152. The maximum absolute atomic E-state index is 4.56. The largest absolute Gasteiger partial charge is 0.330 e. The molecule has 1 aliphatic rings. The summed E-state index contributed by atoms with van der Waals surface area (Å²) in [5.41, 5.74) is 0. The van der Waals surface area contributed by atoms with Crippen molar-refractivity contribution in [2.24, 2.45) is 11.8 Å². The molecule has 2 rings (SSSR count). The molecule has 3 nitrogen and oxygen atoms in total. The van der Waals surface area contributed by atoms with Crippen molar-refractivity contribution in [3.8, 4) is 0 Å². The van der Waals surface area contributed by atoms with Crippen molar-refractivity contribution < 1.29 is 0 Å². The van der Waals surface area contributed by atoms with Gasteiger partial charge in [-0.1, -0.05) is 27.7 Å². The molecule has 0 saturated heterocycles. The van der Waals surface area contributed by atoms with E-state index in [-0.39, 0.29) is 0 Å². The fourth-order valence-electron chi connectivity index (χ4n) is 3.81. The van der Waals surface area contributed by atoms with Crippen LogP contribution in [0.25, 0.3) is 0 Å². The van der Waals surface area contributed by atoms with E-state index >= 15 is 0 Å². The predicted octanol–water partition coefficient (Wildman–Crippen LogP) is 3.42. The normalized spacial score (nSPS) is 31.6. The van der Waals surface area contributed by atoms with Crippen molar-refractivity contribution in [2.75, 3.05) is 6.54 Å². The molecule has 0 radical (unpaired) electrons. The molecule has 1 aliphatic carbocycles. The van der Waals surface area contributed by atoms with Gasteiger partial charge in [-0.15, -0.1) is 0 Å². The van der Waals surface area contributed by atoms with Crippen molar-refractivity contribution >= 4 is 0 Å². The first-order valence-corrected chi connectivity index (χ1v) is 7.92. The summed E-state index contributed by atoms with van der Waals surface area (Å²) in [6.45, 7) is 10.3. The molecule has 0 aromatic carbocycles. The van der Waals surface area contributed by atoms with Crippen molar-refractivity contribution in [1.29, 1.82) is 0 Å².